The summed E-state index contributed by atoms with van der Waals surface area (Å²) in [5, 5.41) is 6.58. The first-order valence-corrected chi connectivity index (χ1v) is 6.27. The first-order valence-electron chi connectivity index (χ1n) is 5.39. The third-order valence-corrected chi connectivity index (χ3v) is 3.43. The maximum absolute atomic E-state index is 4.36. The van der Waals surface area contributed by atoms with Crippen molar-refractivity contribution in [1.29, 1.82) is 0 Å². The lowest BCUT2D eigenvalue weighted by Crippen LogP contribution is -2.02. The Balaban J connectivity index is 1.84. The molecule has 4 heteroatoms. The summed E-state index contributed by atoms with van der Waals surface area (Å²) in [4.78, 5) is 8.64. The van der Waals surface area contributed by atoms with E-state index < -0.39 is 0 Å². The second-order valence-corrected chi connectivity index (χ2v) is 4.61. The predicted octanol–water partition coefficient (Wildman–Crippen LogP) is 3.30. The van der Waals surface area contributed by atoms with Gasteiger partial charge in [0.25, 0.3) is 0 Å². The Bertz CT molecular complexity index is 619. The third-order valence-electron chi connectivity index (χ3n) is 2.54. The van der Waals surface area contributed by atoms with Gasteiger partial charge < -0.3 is 5.32 Å². The van der Waals surface area contributed by atoms with Crippen LogP contribution in [0.2, 0.25) is 0 Å². The zero-order chi connectivity index (χ0) is 11.5. The maximum Gasteiger partial charge on any atom is 0.134 e. The Kier molecular flexibility index (Phi) is 2.71. The first-order chi connectivity index (χ1) is 8.43. The molecule has 3 aromatic rings. The van der Waals surface area contributed by atoms with Gasteiger partial charge >= 0.3 is 0 Å². The van der Waals surface area contributed by atoms with Gasteiger partial charge in [0.05, 0.1) is 12.2 Å². The zero-order valence-electron chi connectivity index (χ0n) is 9.13. The number of rotatable bonds is 3. The van der Waals surface area contributed by atoms with E-state index in [0.29, 0.717) is 6.54 Å². The maximum atomic E-state index is 4.36. The van der Waals surface area contributed by atoms with Crippen molar-refractivity contribution >= 4 is 27.2 Å². The van der Waals surface area contributed by atoms with Crippen molar-refractivity contribution in [2.75, 3.05) is 5.32 Å². The van der Waals surface area contributed by atoms with Crippen molar-refractivity contribution in [3.8, 4) is 0 Å². The van der Waals surface area contributed by atoms with E-state index in [-0.39, 0.29) is 0 Å². The fourth-order valence-corrected chi connectivity index (χ4v) is 2.49. The highest BCUT2D eigenvalue weighted by atomic mass is 32.1. The van der Waals surface area contributed by atoms with Crippen molar-refractivity contribution in [2.24, 2.45) is 0 Å². The Morgan fingerprint density at radius 1 is 1.06 bits per heavy atom. The van der Waals surface area contributed by atoms with E-state index in [1.54, 1.807) is 17.5 Å². The van der Waals surface area contributed by atoms with Crippen LogP contribution in [-0.2, 0) is 6.54 Å². The van der Waals surface area contributed by atoms with E-state index in [4.69, 9.17) is 0 Å². The topological polar surface area (TPSA) is 37.8 Å². The van der Waals surface area contributed by atoms with E-state index in [9.17, 15) is 0 Å². The summed E-state index contributed by atoms with van der Waals surface area (Å²) in [5.41, 5.74) is 1.02. The predicted molar refractivity (Wildman–Crippen MR) is 71.2 cm³/mol. The average Bonchev–Trinajstić information content (AvgIpc) is 2.86. The molecule has 3 nitrogen and oxygen atoms in total. The van der Waals surface area contributed by atoms with E-state index in [0.717, 1.165) is 11.5 Å². The van der Waals surface area contributed by atoms with Gasteiger partial charge in [-0.15, -0.1) is 11.3 Å². The highest BCUT2D eigenvalue weighted by Crippen LogP contribution is 2.25. The molecule has 0 saturated heterocycles. The van der Waals surface area contributed by atoms with Crippen LogP contribution in [0.25, 0.3) is 10.1 Å². The van der Waals surface area contributed by atoms with Crippen LogP contribution in [0.15, 0.2) is 48.1 Å². The molecule has 1 N–H and O–H groups in total. The number of nitrogens with zero attached hydrogens (tertiary/aromatic N) is 2. The van der Waals surface area contributed by atoms with Crippen LogP contribution in [0.3, 0.4) is 0 Å². The summed E-state index contributed by atoms with van der Waals surface area (Å²) in [5.74, 6) is 0.925. The molecule has 0 atom stereocenters. The first kappa shape index (κ1) is 10.2. The lowest BCUT2D eigenvalue weighted by Gasteiger charge is -2.05. The van der Waals surface area contributed by atoms with Crippen LogP contribution in [0.4, 0.5) is 5.82 Å². The smallest absolute Gasteiger partial charge is 0.134 e. The van der Waals surface area contributed by atoms with Crippen molar-refractivity contribution in [3.05, 3.63) is 53.8 Å². The molecule has 0 fully saturated rings. The van der Waals surface area contributed by atoms with Gasteiger partial charge in [-0.25, -0.2) is 4.98 Å². The van der Waals surface area contributed by atoms with E-state index in [1.807, 2.05) is 30.5 Å². The number of nitrogens with one attached hydrogen (secondary N) is 1. The Morgan fingerprint density at radius 3 is 2.94 bits per heavy atom. The largest absolute Gasteiger partial charge is 0.364 e. The van der Waals surface area contributed by atoms with Crippen LogP contribution >= 0.6 is 11.3 Å². The van der Waals surface area contributed by atoms with Crippen molar-refractivity contribution in [1.82, 2.24) is 9.97 Å². The highest BCUT2D eigenvalue weighted by molar-refractivity contribution is 7.17. The quantitative estimate of drug-likeness (QED) is 0.764. The number of fused-ring (bicyclic) bond motifs is 1. The summed E-state index contributed by atoms with van der Waals surface area (Å²) in [7, 11) is 0. The van der Waals surface area contributed by atoms with Gasteiger partial charge in [0.15, 0.2) is 0 Å². The Labute approximate surface area is 103 Å². The second kappa shape index (κ2) is 4.51. The summed E-state index contributed by atoms with van der Waals surface area (Å²) in [6.45, 7) is 0.697. The summed E-state index contributed by atoms with van der Waals surface area (Å²) >= 11 is 1.73. The average molecular weight is 241 g/mol. The van der Waals surface area contributed by atoms with Crippen molar-refractivity contribution in [3.63, 3.8) is 0 Å². The number of hydrogen-bond donors (Lipinski definition) is 1. The molecule has 0 amide bonds. The van der Waals surface area contributed by atoms with Gasteiger partial charge in [0.1, 0.15) is 5.82 Å². The number of pyridine rings is 2. The molecular weight excluding hydrogens is 230 g/mol. The lowest BCUT2D eigenvalue weighted by molar-refractivity contribution is 1.03. The second-order valence-electron chi connectivity index (χ2n) is 3.67. The number of thiophene rings is 1. The van der Waals surface area contributed by atoms with Crippen LogP contribution in [0.5, 0.6) is 0 Å². The molecule has 17 heavy (non-hydrogen) atoms. The monoisotopic (exact) mass is 241 g/mol. The molecule has 3 aromatic heterocycles. The van der Waals surface area contributed by atoms with E-state index in [1.165, 1.54) is 10.1 Å². The molecule has 0 aliphatic rings. The van der Waals surface area contributed by atoms with Gasteiger partial charge in [-0.2, -0.15) is 0 Å². The molecule has 0 radical (unpaired) electrons. The normalized spacial score (nSPS) is 10.6. The summed E-state index contributed by atoms with van der Waals surface area (Å²) in [6.07, 6.45) is 3.63. The van der Waals surface area contributed by atoms with Crippen LogP contribution < -0.4 is 5.32 Å². The minimum atomic E-state index is 0.697. The molecule has 0 aliphatic carbocycles. The van der Waals surface area contributed by atoms with Crippen molar-refractivity contribution < 1.29 is 0 Å². The van der Waals surface area contributed by atoms with Gasteiger partial charge in [0, 0.05) is 22.5 Å². The van der Waals surface area contributed by atoms with Gasteiger partial charge in [-0.1, -0.05) is 6.07 Å². The molecule has 0 saturated carbocycles. The molecule has 0 unspecified atom stereocenters. The standard InChI is InChI=1S/C13H11N3S/c1-2-6-14-10(3-1)9-16-13-11-5-8-17-12(11)4-7-15-13/h1-8H,9H2,(H,15,16). The summed E-state index contributed by atoms with van der Waals surface area (Å²) < 4.78 is 1.25. The molecule has 84 valence electrons. The molecule has 3 rings (SSSR count). The molecule has 0 aromatic carbocycles. The minimum absolute atomic E-state index is 0.697. The van der Waals surface area contributed by atoms with E-state index >= 15 is 0 Å². The van der Waals surface area contributed by atoms with Crippen molar-refractivity contribution in [2.45, 2.75) is 6.54 Å². The van der Waals surface area contributed by atoms with Crippen LogP contribution in [0.1, 0.15) is 5.69 Å². The number of aromatic nitrogens is 2. The molecule has 0 spiro atoms. The van der Waals surface area contributed by atoms with Gasteiger partial charge in [-0.3, -0.25) is 4.98 Å². The Hall–Kier alpha value is -1.94. The lowest BCUT2D eigenvalue weighted by atomic mass is 10.3. The molecule has 3 heterocycles. The van der Waals surface area contributed by atoms with Crippen LogP contribution in [-0.4, -0.2) is 9.97 Å². The minimum Gasteiger partial charge on any atom is -0.364 e. The van der Waals surface area contributed by atoms with Gasteiger partial charge in [0.2, 0.25) is 0 Å². The highest BCUT2D eigenvalue weighted by Gasteiger charge is 2.02. The molecular formula is C13H11N3S. The van der Waals surface area contributed by atoms with E-state index in [2.05, 4.69) is 26.7 Å². The number of anilines is 1. The van der Waals surface area contributed by atoms with Gasteiger partial charge in [-0.05, 0) is 29.6 Å². The fraction of sp³-hybridized carbons (Fsp3) is 0.0769. The SMILES string of the molecule is c1ccc(CNc2nccc3sccc23)nc1. The molecule has 0 aliphatic heterocycles. The number of hydrogen-bond acceptors (Lipinski definition) is 4. The summed E-state index contributed by atoms with van der Waals surface area (Å²) in [6, 6.07) is 10.0. The fourth-order valence-electron chi connectivity index (χ4n) is 1.71. The van der Waals surface area contributed by atoms with Crippen LogP contribution in [0, 0.1) is 0 Å². The Morgan fingerprint density at radius 2 is 2.06 bits per heavy atom. The third kappa shape index (κ3) is 2.12. The molecule has 0 bridgehead atoms. The zero-order valence-corrected chi connectivity index (χ0v) is 9.95.